The Bertz CT molecular complexity index is 1530. The lowest BCUT2D eigenvalue weighted by Crippen LogP contribution is -2.46. The van der Waals surface area contributed by atoms with Gasteiger partial charge in [-0.2, -0.15) is 0 Å². The summed E-state index contributed by atoms with van der Waals surface area (Å²) in [5.74, 6) is 1.25. The van der Waals surface area contributed by atoms with Gasteiger partial charge in [0, 0.05) is 63.3 Å². The average molecular weight is 592 g/mol. The monoisotopic (exact) mass is 591 g/mol. The molecule has 10 nitrogen and oxygen atoms in total. The number of rotatable bonds is 4. The minimum atomic E-state index is -0.148. The quantitative estimate of drug-likeness (QED) is 0.342. The van der Waals surface area contributed by atoms with Crippen molar-refractivity contribution in [3.63, 3.8) is 0 Å². The van der Waals surface area contributed by atoms with Crippen molar-refractivity contribution in [1.82, 2.24) is 29.7 Å². The molecule has 6 rings (SSSR count). The van der Waals surface area contributed by atoms with Crippen molar-refractivity contribution in [2.75, 3.05) is 44.2 Å². The molecule has 0 atom stereocenters. The fraction of sp³-hybridized carbons (Fsp3) is 0.353. The largest absolute Gasteiger partial charge is 0.492 e. The number of fused-ring (bicyclic) bond motifs is 1. The molecule has 226 valence electrons. The van der Waals surface area contributed by atoms with Crippen molar-refractivity contribution in [2.24, 2.45) is 5.41 Å². The van der Waals surface area contributed by atoms with Crippen LogP contribution in [0.15, 0.2) is 91.8 Å². The molecule has 0 radical (unpaired) electrons. The predicted molar refractivity (Wildman–Crippen MR) is 166 cm³/mol. The van der Waals surface area contributed by atoms with Crippen LogP contribution in [0.25, 0.3) is 0 Å². The Kier molecular flexibility index (Phi) is 9.05. The van der Waals surface area contributed by atoms with E-state index >= 15 is 0 Å². The highest BCUT2D eigenvalue weighted by molar-refractivity contribution is 5.97. The van der Waals surface area contributed by atoms with Gasteiger partial charge in [0.25, 0.3) is 11.8 Å². The Morgan fingerprint density at radius 3 is 2.41 bits per heavy atom. The second-order valence-corrected chi connectivity index (χ2v) is 11.5. The van der Waals surface area contributed by atoms with Crippen LogP contribution in [-0.2, 0) is 6.54 Å². The number of hydrogen-bond donors (Lipinski definition) is 0. The molecular formula is C34H37N7O3. The third-order valence-electron chi connectivity index (χ3n) is 8.72. The van der Waals surface area contributed by atoms with E-state index in [1.807, 2.05) is 64.4 Å². The molecule has 10 heteroatoms. The van der Waals surface area contributed by atoms with Gasteiger partial charge in [-0.3, -0.25) is 14.6 Å². The van der Waals surface area contributed by atoms with Gasteiger partial charge in [-0.1, -0.05) is 42.5 Å². The molecule has 2 aromatic heterocycles. The zero-order chi connectivity index (χ0) is 30.2. The van der Waals surface area contributed by atoms with Crippen LogP contribution in [0.3, 0.4) is 0 Å². The topological polar surface area (TPSA) is 105 Å². The second kappa shape index (κ2) is 13.6. The number of benzene rings is 2. The summed E-state index contributed by atoms with van der Waals surface area (Å²) >= 11 is 0. The summed E-state index contributed by atoms with van der Waals surface area (Å²) < 4.78 is 6.55. The number of anilines is 1. The molecule has 0 saturated carbocycles. The van der Waals surface area contributed by atoms with Gasteiger partial charge in [0.2, 0.25) is 0 Å². The van der Waals surface area contributed by atoms with Gasteiger partial charge in [-0.15, -0.1) is 0 Å². The highest BCUT2D eigenvalue weighted by Crippen LogP contribution is 2.38. The highest BCUT2D eigenvalue weighted by Gasteiger charge is 2.37. The number of carbonyl (C=O) groups excluding carboxylic acids is 2. The molecule has 2 amide bonds. The average Bonchev–Trinajstić information content (AvgIpc) is 3.10. The Morgan fingerprint density at radius 1 is 0.818 bits per heavy atom. The molecule has 0 N–H and O–H groups in total. The molecule has 2 aromatic carbocycles. The summed E-state index contributed by atoms with van der Waals surface area (Å²) in [4.78, 5) is 50.3. The van der Waals surface area contributed by atoms with Gasteiger partial charge in [0.1, 0.15) is 23.6 Å². The Labute approximate surface area is 257 Å². The fourth-order valence-corrected chi connectivity index (χ4v) is 6.14. The third kappa shape index (κ3) is 6.85. The Hall–Kier alpha value is -4.86. The normalized spacial score (nSPS) is 17.5. The van der Waals surface area contributed by atoms with Crippen LogP contribution in [0.1, 0.15) is 52.1 Å². The Morgan fingerprint density at radius 2 is 1.64 bits per heavy atom. The molecule has 1 saturated heterocycles. The van der Waals surface area contributed by atoms with E-state index in [9.17, 15) is 9.59 Å². The number of para-hydroxylation sites is 1. The van der Waals surface area contributed by atoms with Gasteiger partial charge in [-0.05, 0) is 49.4 Å². The third-order valence-corrected chi connectivity index (χ3v) is 8.72. The maximum absolute atomic E-state index is 14.2. The van der Waals surface area contributed by atoms with E-state index in [0.717, 1.165) is 43.6 Å². The second-order valence-electron chi connectivity index (χ2n) is 11.5. The van der Waals surface area contributed by atoms with Crippen molar-refractivity contribution < 1.29 is 14.3 Å². The van der Waals surface area contributed by atoms with E-state index in [1.165, 1.54) is 6.33 Å². The fourth-order valence-electron chi connectivity index (χ4n) is 6.14. The summed E-state index contributed by atoms with van der Waals surface area (Å²) in [6.07, 6.45) is 11.6. The lowest BCUT2D eigenvalue weighted by molar-refractivity contribution is 0.0360. The SMILES string of the molecule is O=C(c1ccncn1)N1CCC2(CCCN(c3cnccn3)CCN(Cc3ccccc3)C(=O)c3ccccc3OC2)CC1. The highest BCUT2D eigenvalue weighted by atomic mass is 16.5. The van der Waals surface area contributed by atoms with Crippen LogP contribution in [0, 0.1) is 5.41 Å². The van der Waals surface area contributed by atoms with E-state index < -0.39 is 0 Å². The van der Waals surface area contributed by atoms with Gasteiger partial charge in [0.05, 0.1) is 18.4 Å². The molecule has 0 bridgehead atoms. The first kappa shape index (κ1) is 29.2. The summed E-state index contributed by atoms with van der Waals surface area (Å²) in [5.41, 5.74) is 1.89. The molecule has 2 aliphatic heterocycles. The molecule has 4 aromatic rings. The van der Waals surface area contributed by atoms with Crippen LogP contribution < -0.4 is 9.64 Å². The van der Waals surface area contributed by atoms with E-state index in [-0.39, 0.29) is 17.2 Å². The van der Waals surface area contributed by atoms with Crippen molar-refractivity contribution in [2.45, 2.75) is 32.2 Å². The number of ether oxygens (including phenoxy) is 1. The van der Waals surface area contributed by atoms with Crippen molar-refractivity contribution in [3.05, 3.63) is 109 Å². The van der Waals surface area contributed by atoms with Gasteiger partial charge >= 0.3 is 0 Å². The Balaban J connectivity index is 1.27. The van der Waals surface area contributed by atoms with Crippen molar-refractivity contribution in [3.8, 4) is 5.75 Å². The van der Waals surface area contributed by atoms with Crippen molar-refractivity contribution >= 4 is 17.6 Å². The molecule has 1 spiro atoms. The first-order valence-corrected chi connectivity index (χ1v) is 15.2. The number of aromatic nitrogens is 4. The van der Waals surface area contributed by atoms with Crippen molar-refractivity contribution in [1.29, 1.82) is 0 Å². The lowest BCUT2D eigenvalue weighted by Gasteiger charge is -2.42. The number of amides is 2. The molecule has 0 aliphatic carbocycles. The van der Waals surface area contributed by atoms with E-state index in [2.05, 4.69) is 24.8 Å². The zero-order valence-electron chi connectivity index (χ0n) is 24.8. The molecule has 1 fully saturated rings. The predicted octanol–water partition coefficient (Wildman–Crippen LogP) is 4.51. The summed E-state index contributed by atoms with van der Waals surface area (Å²) in [5, 5.41) is 0. The molecule has 2 aliphatic rings. The van der Waals surface area contributed by atoms with Gasteiger partial charge in [0.15, 0.2) is 0 Å². The van der Waals surface area contributed by atoms with Crippen LogP contribution in [0.5, 0.6) is 5.75 Å². The molecular weight excluding hydrogens is 554 g/mol. The maximum atomic E-state index is 14.2. The van der Waals surface area contributed by atoms with E-state index in [4.69, 9.17) is 4.74 Å². The van der Waals surface area contributed by atoms with E-state index in [1.54, 1.807) is 30.9 Å². The number of carbonyl (C=O) groups is 2. The standard InChI is InChI=1S/C34H37N7O3/c42-32-28-9-4-5-10-30(28)44-25-34(13-19-40(20-14-34)33(43)29-11-15-36-26-38-29)12-6-18-39(31-23-35-16-17-37-31)21-22-41(32)24-27-7-2-1-3-8-27/h1-5,7-11,15-17,23,26H,6,12-14,18-22,24-25H2. The number of hydrogen-bond acceptors (Lipinski definition) is 8. The number of piperidine rings is 1. The first-order valence-electron chi connectivity index (χ1n) is 15.2. The van der Waals surface area contributed by atoms with Crippen LogP contribution in [0.4, 0.5) is 5.82 Å². The smallest absolute Gasteiger partial charge is 0.272 e. The minimum Gasteiger partial charge on any atom is -0.492 e. The maximum Gasteiger partial charge on any atom is 0.272 e. The van der Waals surface area contributed by atoms with Crippen LogP contribution in [0.2, 0.25) is 0 Å². The number of likely N-dealkylation sites (tertiary alicyclic amines) is 1. The van der Waals surface area contributed by atoms with Crippen LogP contribution in [-0.4, -0.2) is 80.9 Å². The summed E-state index contributed by atoms with van der Waals surface area (Å²) in [7, 11) is 0. The molecule has 0 unspecified atom stereocenters. The zero-order valence-corrected chi connectivity index (χ0v) is 24.8. The first-order chi connectivity index (χ1) is 21.6. The number of nitrogens with zero attached hydrogens (tertiary/aromatic N) is 7. The van der Waals surface area contributed by atoms with E-state index in [0.29, 0.717) is 56.3 Å². The summed E-state index contributed by atoms with van der Waals surface area (Å²) in [6, 6.07) is 19.3. The summed E-state index contributed by atoms with van der Waals surface area (Å²) in [6.45, 7) is 4.10. The van der Waals surface area contributed by atoms with Gasteiger partial charge < -0.3 is 19.4 Å². The molecule has 44 heavy (non-hydrogen) atoms. The van der Waals surface area contributed by atoms with Crippen LogP contribution >= 0.6 is 0 Å². The molecule has 4 heterocycles. The minimum absolute atomic E-state index is 0.0675. The lowest BCUT2D eigenvalue weighted by atomic mass is 9.75. The van der Waals surface area contributed by atoms with Gasteiger partial charge in [-0.25, -0.2) is 15.0 Å².